The van der Waals surface area contributed by atoms with Crippen molar-refractivity contribution in [2.45, 2.75) is 46.2 Å². The largest absolute Gasteiger partial charge is 0.343 e. The summed E-state index contributed by atoms with van der Waals surface area (Å²) in [5, 5.41) is 17.6. The molecule has 20 heavy (non-hydrogen) atoms. The maximum atomic E-state index is 12.0. The monoisotopic (exact) mass is 276 g/mol. The Morgan fingerprint density at radius 3 is 3.00 bits per heavy atom. The number of carbonyl (C=O) groups is 1. The van der Waals surface area contributed by atoms with E-state index in [4.69, 9.17) is 0 Å². The van der Waals surface area contributed by atoms with Crippen LogP contribution in [0.15, 0.2) is 12.4 Å². The number of nitrogens with zero attached hydrogens (tertiary/aromatic N) is 4. The molecular formula is C13H20N6O. The third-order valence-corrected chi connectivity index (χ3v) is 2.95. The molecule has 2 N–H and O–H groups in total. The molecule has 0 aromatic carbocycles. The van der Waals surface area contributed by atoms with Crippen molar-refractivity contribution in [2.75, 3.05) is 0 Å². The minimum Gasteiger partial charge on any atom is -0.343 e. The molecule has 7 nitrogen and oxygen atoms in total. The Hall–Kier alpha value is -2.18. The summed E-state index contributed by atoms with van der Waals surface area (Å²) in [4.78, 5) is 12.0. The number of rotatable bonds is 7. The van der Waals surface area contributed by atoms with Crippen molar-refractivity contribution in [1.29, 1.82) is 0 Å². The van der Waals surface area contributed by atoms with Gasteiger partial charge in [0.25, 0.3) is 5.91 Å². The maximum Gasteiger partial charge on any atom is 0.272 e. The number of H-pyrrole nitrogens is 1. The second kappa shape index (κ2) is 6.83. The lowest BCUT2D eigenvalue weighted by Crippen LogP contribution is -2.25. The van der Waals surface area contributed by atoms with E-state index in [0.29, 0.717) is 12.2 Å². The Balaban J connectivity index is 1.92. The minimum absolute atomic E-state index is 0.199. The molecule has 0 atom stereocenters. The Morgan fingerprint density at radius 2 is 2.25 bits per heavy atom. The molecule has 2 aromatic heterocycles. The number of aromatic amines is 1. The molecule has 0 fully saturated rings. The second-order valence-corrected chi connectivity index (χ2v) is 4.65. The third kappa shape index (κ3) is 3.43. The number of aryl methyl sites for hydroxylation is 2. The topological polar surface area (TPSA) is 88.5 Å². The quantitative estimate of drug-likeness (QED) is 0.797. The number of hydrogen-bond donors (Lipinski definition) is 2. The lowest BCUT2D eigenvalue weighted by Gasteiger charge is -2.05. The fraction of sp³-hybridized carbons (Fsp3) is 0.538. The van der Waals surface area contributed by atoms with Gasteiger partial charge >= 0.3 is 0 Å². The molecule has 0 saturated heterocycles. The SMILES string of the molecule is CCCc1cc(C(=O)NCc2nncn2CCC)n[nH]1. The molecule has 0 saturated carbocycles. The van der Waals surface area contributed by atoms with E-state index in [0.717, 1.165) is 37.3 Å². The van der Waals surface area contributed by atoms with Gasteiger partial charge in [-0.2, -0.15) is 5.10 Å². The summed E-state index contributed by atoms with van der Waals surface area (Å²) in [5.74, 6) is 0.555. The predicted octanol–water partition coefficient (Wildman–Crippen LogP) is 1.29. The standard InChI is InChI=1S/C13H20N6O/c1-3-5-10-7-11(17-16-10)13(20)14-8-12-18-15-9-19(12)6-4-2/h7,9H,3-6,8H2,1-2H3,(H,14,20)(H,16,17). The highest BCUT2D eigenvalue weighted by atomic mass is 16.1. The van der Waals surface area contributed by atoms with Crippen molar-refractivity contribution in [2.24, 2.45) is 0 Å². The van der Waals surface area contributed by atoms with E-state index in [9.17, 15) is 4.79 Å². The molecule has 0 unspecified atom stereocenters. The predicted molar refractivity (Wildman–Crippen MR) is 74.1 cm³/mol. The molecule has 2 heterocycles. The van der Waals surface area contributed by atoms with Gasteiger partial charge in [0.2, 0.25) is 0 Å². The Kier molecular flexibility index (Phi) is 4.86. The molecule has 0 aliphatic carbocycles. The Bertz CT molecular complexity index is 559. The lowest BCUT2D eigenvalue weighted by atomic mass is 10.2. The Morgan fingerprint density at radius 1 is 1.40 bits per heavy atom. The summed E-state index contributed by atoms with van der Waals surface area (Å²) in [5.41, 5.74) is 1.39. The van der Waals surface area contributed by atoms with Gasteiger partial charge < -0.3 is 9.88 Å². The molecule has 0 radical (unpaired) electrons. The molecule has 1 amide bonds. The van der Waals surface area contributed by atoms with Gasteiger partial charge in [-0.25, -0.2) is 0 Å². The van der Waals surface area contributed by atoms with Crippen LogP contribution >= 0.6 is 0 Å². The van der Waals surface area contributed by atoms with Crippen LogP contribution in [0.2, 0.25) is 0 Å². The van der Waals surface area contributed by atoms with Gasteiger partial charge in [0.1, 0.15) is 12.0 Å². The summed E-state index contributed by atoms with van der Waals surface area (Å²) in [6.07, 6.45) is 4.59. The molecule has 7 heteroatoms. The van der Waals surface area contributed by atoms with Gasteiger partial charge in [0.15, 0.2) is 5.82 Å². The molecule has 108 valence electrons. The van der Waals surface area contributed by atoms with Crippen molar-refractivity contribution in [3.8, 4) is 0 Å². The van der Waals surface area contributed by atoms with Crippen LogP contribution in [-0.4, -0.2) is 30.9 Å². The van der Waals surface area contributed by atoms with Gasteiger partial charge in [-0.3, -0.25) is 9.89 Å². The van der Waals surface area contributed by atoms with Crippen LogP contribution < -0.4 is 5.32 Å². The van der Waals surface area contributed by atoms with E-state index in [1.54, 1.807) is 12.4 Å². The number of nitrogens with one attached hydrogen (secondary N) is 2. The zero-order chi connectivity index (χ0) is 14.4. The van der Waals surface area contributed by atoms with Crippen molar-refractivity contribution < 1.29 is 4.79 Å². The van der Waals surface area contributed by atoms with Crippen LogP contribution in [0.25, 0.3) is 0 Å². The molecule has 2 aromatic rings. The minimum atomic E-state index is -0.199. The fourth-order valence-electron chi connectivity index (χ4n) is 1.97. The van der Waals surface area contributed by atoms with E-state index < -0.39 is 0 Å². The third-order valence-electron chi connectivity index (χ3n) is 2.95. The van der Waals surface area contributed by atoms with Gasteiger partial charge in [-0.1, -0.05) is 20.3 Å². The number of amides is 1. The van der Waals surface area contributed by atoms with Gasteiger partial charge in [-0.05, 0) is 18.9 Å². The van der Waals surface area contributed by atoms with E-state index in [-0.39, 0.29) is 5.91 Å². The highest BCUT2D eigenvalue weighted by molar-refractivity contribution is 5.92. The number of hydrogen-bond acceptors (Lipinski definition) is 4. The maximum absolute atomic E-state index is 12.0. The average Bonchev–Trinajstić information content (AvgIpc) is 3.06. The summed E-state index contributed by atoms with van der Waals surface area (Å²) in [6.45, 7) is 5.37. The molecule has 0 bridgehead atoms. The molecular weight excluding hydrogens is 256 g/mol. The first-order valence-electron chi connectivity index (χ1n) is 6.93. The van der Waals surface area contributed by atoms with Crippen LogP contribution in [0.4, 0.5) is 0 Å². The second-order valence-electron chi connectivity index (χ2n) is 4.65. The van der Waals surface area contributed by atoms with Crippen molar-refractivity contribution in [3.05, 3.63) is 29.6 Å². The van der Waals surface area contributed by atoms with Crippen molar-refractivity contribution in [3.63, 3.8) is 0 Å². The van der Waals surface area contributed by atoms with Gasteiger partial charge in [0.05, 0.1) is 6.54 Å². The average molecular weight is 276 g/mol. The highest BCUT2D eigenvalue weighted by Gasteiger charge is 2.11. The Labute approximate surface area is 117 Å². The van der Waals surface area contributed by atoms with Crippen LogP contribution in [0, 0.1) is 0 Å². The normalized spacial score (nSPS) is 10.7. The van der Waals surface area contributed by atoms with E-state index in [1.165, 1.54) is 0 Å². The number of aromatic nitrogens is 5. The summed E-state index contributed by atoms with van der Waals surface area (Å²) >= 11 is 0. The van der Waals surface area contributed by atoms with Crippen molar-refractivity contribution >= 4 is 5.91 Å². The van der Waals surface area contributed by atoms with Crippen LogP contribution in [-0.2, 0) is 19.5 Å². The fourth-order valence-corrected chi connectivity index (χ4v) is 1.97. The van der Waals surface area contributed by atoms with Crippen LogP contribution in [0.5, 0.6) is 0 Å². The highest BCUT2D eigenvalue weighted by Crippen LogP contribution is 2.03. The first-order chi connectivity index (χ1) is 9.74. The van der Waals surface area contributed by atoms with E-state index in [2.05, 4.69) is 39.6 Å². The zero-order valence-corrected chi connectivity index (χ0v) is 11.9. The molecule has 0 aliphatic rings. The summed E-state index contributed by atoms with van der Waals surface area (Å²) in [7, 11) is 0. The lowest BCUT2D eigenvalue weighted by molar-refractivity contribution is 0.0944. The van der Waals surface area contributed by atoms with E-state index >= 15 is 0 Å². The van der Waals surface area contributed by atoms with Crippen LogP contribution in [0.3, 0.4) is 0 Å². The number of carbonyl (C=O) groups excluding carboxylic acids is 1. The molecule has 0 aliphatic heterocycles. The zero-order valence-electron chi connectivity index (χ0n) is 11.9. The smallest absolute Gasteiger partial charge is 0.272 e. The van der Waals surface area contributed by atoms with Gasteiger partial charge in [0, 0.05) is 12.2 Å². The van der Waals surface area contributed by atoms with Gasteiger partial charge in [-0.15, -0.1) is 10.2 Å². The van der Waals surface area contributed by atoms with E-state index in [1.807, 2.05) is 4.57 Å². The summed E-state index contributed by atoms with van der Waals surface area (Å²) < 4.78 is 1.94. The van der Waals surface area contributed by atoms with Crippen LogP contribution in [0.1, 0.15) is 48.7 Å². The molecule has 0 spiro atoms. The van der Waals surface area contributed by atoms with Crippen molar-refractivity contribution in [1.82, 2.24) is 30.3 Å². The summed E-state index contributed by atoms with van der Waals surface area (Å²) in [6, 6.07) is 1.79. The first-order valence-corrected chi connectivity index (χ1v) is 6.93. The molecule has 2 rings (SSSR count). The first kappa shape index (κ1) is 14.2.